The van der Waals surface area contributed by atoms with E-state index >= 15 is 0 Å². The fraction of sp³-hybridized carbons (Fsp3) is 0.0952. The molecule has 0 fully saturated rings. The number of benzene rings is 2. The van der Waals surface area contributed by atoms with E-state index in [9.17, 15) is 17.6 Å². The van der Waals surface area contributed by atoms with Gasteiger partial charge < -0.3 is 14.3 Å². The van der Waals surface area contributed by atoms with Crippen molar-refractivity contribution in [2.75, 3.05) is 6.26 Å². The van der Waals surface area contributed by atoms with E-state index in [4.69, 9.17) is 4.74 Å². The van der Waals surface area contributed by atoms with Gasteiger partial charge in [0.1, 0.15) is 11.3 Å². The largest absolute Gasteiger partial charge is 0.454 e. The number of fused-ring (bicyclic) bond motifs is 1. The Hall–Kier alpha value is -3.39. The highest BCUT2D eigenvalue weighted by Crippen LogP contribution is 2.38. The number of rotatable bonds is 4. The molecule has 0 saturated heterocycles. The lowest BCUT2D eigenvalue weighted by Crippen LogP contribution is -2.16. The van der Waals surface area contributed by atoms with Crippen molar-refractivity contribution in [3.63, 3.8) is 0 Å². The lowest BCUT2D eigenvalue weighted by molar-refractivity contribution is 0.443. The van der Waals surface area contributed by atoms with E-state index in [1.165, 1.54) is 34.9 Å². The van der Waals surface area contributed by atoms with Crippen molar-refractivity contribution in [1.29, 1.82) is 0 Å². The molecule has 148 valence electrons. The molecule has 0 bridgehead atoms. The lowest BCUT2D eigenvalue weighted by Gasteiger charge is -2.15. The average Bonchev–Trinajstić information content (AvgIpc) is 3.16. The monoisotopic (exact) mass is 412 g/mol. The van der Waals surface area contributed by atoms with Crippen molar-refractivity contribution >= 4 is 20.7 Å². The second-order valence-corrected chi connectivity index (χ2v) is 8.70. The van der Waals surface area contributed by atoms with Crippen LogP contribution in [0.3, 0.4) is 0 Å². The number of H-pyrrole nitrogens is 1. The number of pyridine rings is 1. The molecule has 1 N–H and O–H groups in total. The summed E-state index contributed by atoms with van der Waals surface area (Å²) in [6, 6.07) is 12.0. The molecule has 2 aromatic carbocycles. The zero-order chi connectivity index (χ0) is 20.8. The highest BCUT2D eigenvalue weighted by molar-refractivity contribution is 7.90. The Bertz CT molecular complexity index is 1400. The number of hydrogen-bond acceptors (Lipinski definition) is 4. The predicted octanol–water partition coefficient (Wildman–Crippen LogP) is 3.87. The van der Waals surface area contributed by atoms with Gasteiger partial charge in [-0.05, 0) is 36.4 Å². The summed E-state index contributed by atoms with van der Waals surface area (Å²) in [5.41, 5.74) is 1.17. The molecule has 2 heterocycles. The molecule has 29 heavy (non-hydrogen) atoms. The van der Waals surface area contributed by atoms with Crippen LogP contribution >= 0.6 is 0 Å². The van der Waals surface area contributed by atoms with Gasteiger partial charge in [-0.1, -0.05) is 12.1 Å². The number of hydrogen-bond donors (Lipinski definition) is 1. The Morgan fingerprint density at radius 1 is 1.03 bits per heavy atom. The lowest BCUT2D eigenvalue weighted by atomic mass is 10.0. The maximum atomic E-state index is 14.1. The molecule has 0 radical (unpaired) electrons. The normalized spacial score (nSPS) is 11.7. The van der Waals surface area contributed by atoms with Crippen LogP contribution in [-0.2, 0) is 16.9 Å². The molecule has 0 aliphatic rings. The van der Waals surface area contributed by atoms with Crippen LogP contribution in [0.4, 0.5) is 4.39 Å². The van der Waals surface area contributed by atoms with Crippen molar-refractivity contribution in [3.8, 4) is 22.6 Å². The number of aryl methyl sites for hydroxylation is 1. The molecule has 0 amide bonds. The maximum absolute atomic E-state index is 14.1. The molecular weight excluding hydrogens is 395 g/mol. The van der Waals surface area contributed by atoms with E-state index in [1.807, 2.05) is 0 Å². The van der Waals surface area contributed by atoms with Crippen molar-refractivity contribution in [2.45, 2.75) is 4.90 Å². The summed E-state index contributed by atoms with van der Waals surface area (Å²) in [6.07, 6.45) is 4.34. The topological polar surface area (TPSA) is 81.2 Å². The Labute approximate surface area is 166 Å². The summed E-state index contributed by atoms with van der Waals surface area (Å²) < 4.78 is 45.5. The van der Waals surface area contributed by atoms with E-state index in [1.54, 1.807) is 37.6 Å². The minimum atomic E-state index is -3.50. The first-order valence-corrected chi connectivity index (χ1v) is 10.6. The molecule has 0 unspecified atom stereocenters. The van der Waals surface area contributed by atoms with Gasteiger partial charge in [-0.25, -0.2) is 12.8 Å². The van der Waals surface area contributed by atoms with Gasteiger partial charge in [0.2, 0.25) is 0 Å². The van der Waals surface area contributed by atoms with E-state index in [2.05, 4.69) is 4.98 Å². The number of nitrogens with one attached hydrogen (secondary N) is 1. The van der Waals surface area contributed by atoms with Crippen LogP contribution < -0.4 is 10.3 Å². The SMILES string of the molecule is Cn1cc(-c2cc(S(C)(=O)=O)ccc2Oc2ccccc2F)c2cc[nH]c2c1=O. The maximum Gasteiger partial charge on any atom is 0.274 e. The van der Waals surface area contributed by atoms with E-state index in [0.29, 0.717) is 22.0 Å². The quantitative estimate of drug-likeness (QED) is 0.552. The van der Waals surface area contributed by atoms with E-state index < -0.39 is 15.7 Å². The number of aromatic amines is 1. The number of sulfone groups is 1. The predicted molar refractivity (Wildman–Crippen MR) is 109 cm³/mol. The summed E-state index contributed by atoms with van der Waals surface area (Å²) in [7, 11) is -1.89. The van der Waals surface area contributed by atoms with Gasteiger partial charge in [-0.2, -0.15) is 0 Å². The minimum absolute atomic E-state index is 0.0102. The Balaban J connectivity index is 2.01. The van der Waals surface area contributed by atoms with E-state index in [0.717, 1.165) is 6.26 Å². The number of halogens is 1. The summed E-state index contributed by atoms with van der Waals surface area (Å²) in [4.78, 5) is 15.4. The molecule has 2 aromatic heterocycles. The molecule has 0 atom stereocenters. The van der Waals surface area contributed by atoms with Gasteiger partial charge >= 0.3 is 0 Å². The number of ether oxygens (including phenoxy) is 1. The summed E-state index contributed by atoms with van der Waals surface area (Å²) in [6.45, 7) is 0. The highest BCUT2D eigenvalue weighted by Gasteiger charge is 2.18. The Morgan fingerprint density at radius 3 is 2.52 bits per heavy atom. The van der Waals surface area contributed by atoms with Gasteiger partial charge in [0.25, 0.3) is 5.56 Å². The first kappa shape index (κ1) is 18.9. The summed E-state index contributed by atoms with van der Waals surface area (Å²) in [5, 5.41) is 0.608. The van der Waals surface area contributed by atoms with Crippen LogP contribution in [0.2, 0.25) is 0 Å². The third kappa shape index (κ3) is 3.42. The van der Waals surface area contributed by atoms with Crippen molar-refractivity contribution in [3.05, 3.63) is 77.1 Å². The molecule has 0 saturated carbocycles. The van der Waals surface area contributed by atoms with Gasteiger partial charge in [0, 0.05) is 42.2 Å². The van der Waals surface area contributed by atoms with Gasteiger partial charge in [0.05, 0.1) is 4.90 Å². The zero-order valence-corrected chi connectivity index (χ0v) is 16.5. The van der Waals surface area contributed by atoms with Crippen LogP contribution in [0.25, 0.3) is 22.0 Å². The van der Waals surface area contributed by atoms with Gasteiger partial charge in [0.15, 0.2) is 21.4 Å². The molecule has 4 aromatic rings. The van der Waals surface area contributed by atoms with Gasteiger partial charge in [-0.15, -0.1) is 0 Å². The number of nitrogens with zero attached hydrogens (tertiary/aromatic N) is 1. The van der Waals surface area contributed by atoms with Gasteiger partial charge in [-0.3, -0.25) is 4.79 Å². The second kappa shape index (κ2) is 6.89. The highest BCUT2D eigenvalue weighted by atomic mass is 32.2. The summed E-state index contributed by atoms with van der Waals surface area (Å²) in [5.74, 6) is -0.266. The molecule has 0 aliphatic carbocycles. The van der Waals surface area contributed by atoms with Crippen LogP contribution in [0, 0.1) is 5.82 Å². The fourth-order valence-corrected chi connectivity index (χ4v) is 3.82. The Morgan fingerprint density at radius 2 is 1.79 bits per heavy atom. The molecule has 0 aliphatic heterocycles. The minimum Gasteiger partial charge on any atom is -0.454 e. The number of aromatic nitrogens is 2. The zero-order valence-electron chi connectivity index (χ0n) is 15.6. The van der Waals surface area contributed by atoms with Crippen LogP contribution in [-0.4, -0.2) is 24.2 Å². The summed E-state index contributed by atoms with van der Waals surface area (Å²) >= 11 is 0. The molecule has 8 heteroatoms. The van der Waals surface area contributed by atoms with Crippen molar-refractivity contribution in [2.24, 2.45) is 7.05 Å². The third-order valence-electron chi connectivity index (χ3n) is 4.62. The van der Waals surface area contributed by atoms with Crippen molar-refractivity contribution in [1.82, 2.24) is 9.55 Å². The first-order valence-electron chi connectivity index (χ1n) is 8.69. The molecule has 6 nitrogen and oxygen atoms in total. The standard InChI is InChI=1S/C21H17FN2O4S/c1-24-12-16(14-9-10-23-20(14)21(24)25)15-11-13(29(2,26)27)7-8-18(15)28-19-6-4-3-5-17(19)22/h3-12,23H,1-2H3. The van der Waals surface area contributed by atoms with Crippen LogP contribution in [0.5, 0.6) is 11.5 Å². The smallest absolute Gasteiger partial charge is 0.274 e. The molecule has 4 rings (SSSR count). The molecule has 0 spiro atoms. The fourth-order valence-electron chi connectivity index (χ4n) is 3.17. The molecular formula is C21H17FN2O4S. The first-order chi connectivity index (χ1) is 13.8. The second-order valence-electron chi connectivity index (χ2n) is 6.69. The average molecular weight is 412 g/mol. The Kier molecular flexibility index (Phi) is 4.50. The van der Waals surface area contributed by atoms with Crippen LogP contribution in [0.1, 0.15) is 0 Å². The van der Waals surface area contributed by atoms with E-state index in [-0.39, 0.29) is 22.0 Å². The number of para-hydroxylation sites is 1. The van der Waals surface area contributed by atoms with Crippen LogP contribution in [0.15, 0.2) is 70.6 Å². The van der Waals surface area contributed by atoms with Crippen molar-refractivity contribution < 1.29 is 17.5 Å². The third-order valence-corrected chi connectivity index (χ3v) is 5.73.